The van der Waals surface area contributed by atoms with Crippen LogP contribution in [-0.2, 0) is 20.9 Å². The van der Waals surface area contributed by atoms with Crippen molar-refractivity contribution in [2.24, 2.45) is 5.92 Å². The highest BCUT2D eigenvalue weighted by molar-refractivity contribution is 5.81. The van der Waals surface area contributed by atoms with Crippen molar-refractivity contribution in [3.8, 4) is 0 Å². The lowest BCUT2D eigenvalue weighted by atomic mass is 9.93. The number of carbonyl (C=O) groups excluding carboxylic acids is 2. The van der Waals surface area contributed by atoms with Gasteiger partial charge < -0.3 is 9.47 Å². The first kappa shape index (κ1) is 18.3. The van der Waals surface area contributed by atoms with Crippen LogP contribution in [0.2, 0.25) is 0 Å². The predicted molar refractivity (Wildman–Crippen MR) is 91.4 cm³/mol. The third kappa shape index (κ3) is 5.25. The number of hydrogen-bond donors (Lipinski definition) is 0. The van der Waals surface area contributed by atoms with Gasteiger partial charge in [-0.1, -0.05) is 37.3 Å². The predicted octanol–water partition coefficient (Wildman–Crippen LogP) is 3.77. The lowest BCUT2D eigenvalue weighted by Crippen LogP contribution is -2.51. The largest absolute Gasteiger partial charge is 0.459 e. The van der Waals surface area contributed by atoms with Crippen LogP contribution in [0.15, 0.2) is 30.3 Å². The molecule has 1 amide bonds. The Hall–Kier alpha value is -2.04. The van der Waals surface area contributed by atoms with Crippen LogP contribution in [0.4, 0.5) is 4.79 Å². The molecule has 0 radical (unpaired) electrons. The van der Waals surface area contributed by atoms with Gasteiger partial charge in [0.2, 0.25) is 0 Å². The molecular weight excluding hydrogens is 306 g/mol. The van der Waals surface area contributed by atoms with Gasteiger partial charge >= 0.3 is 12.1 Å². The minimum absolute atomic E-state index is 0.215. The summed E-state index contributed by atoms with van der Waals surface area (Å²) in [5.74, 6) is 0.00854. The van der Waals surface area contributed by atoms with E-state index in [-0.39, 0.29) is 12.6 Å². The van der Waals surface area contributed by atoms with Gasteiger partial charge in [0.05, 0.1) is 0 Å². The molecule has 1 heterocycles. The second kappa shape index (κ2) is 7.69. The summed E-state index contributed by atoms with van der Waals surface area (Å²) in [6, 6.07) is 8.95. The molecule has 5 nitrogen and oxygen atoms in total. The maximum Gasteiger partial charge on any atom is 0.411 e. The van der Waals surface area contributed by atoms with Crippen molar-refractivity contribution in [3.05, 3.63) is 35.9 Å². The molecule has 5 heteroatoms. The van der Waals surface area contributed by atoms with Gasteiger partial charge in [0.15, 0.2) is 0 Å². The number of benzene rings is 1. The van der Waals surface area contributed by atoms with E-state index >= 15 is 0 Å². The summed E-state index contributed by atoms with van der Waals surface area (Å²) in [5, 5.41) is 0. The fraction of sp³-hybridized carbons (Fsp3) is 0.579. The third-order valence-corrected chi connectivity index (χ3v) is 3.99. The van der Waals surface area contributed by atoms with Crippen molar-refractivity contribution < 1.29 is 19.1 Å². The number of ether oxygens (including phenoxy) is 2. The zero-order valence-corrected chi connectivity index (χ0v) is 15.0. The number of piperidine rings is 1. The number of likely N-dealkylation sites (tertiary alicyclic amines) is 1. The van der Waals surface area contributed by atoms with Gasteiger partial charge in [-0.15, -0.1) is 0 Å². The van der Waals surface area contributed by atoms with Gasteiger partial charge in [0.1, 0.15) is 18.2 Å². The van der Waals surface area contributed by atoms with Crippen molar-refractivity contribution >= 4 is 12.1 Å². The molecule has 0 spiro atoms. The van der Waals surface area contributed by atoms with Gasteiger partial charge in [-0.25, -0.2) is 9.59 Å². The summed E-state index contributed by atoms with van der Waals surface area (Å²) in [5.41, 5.74) is 0.345. The summed E-state index contributed by atoms with van der Waals surface area (Å²) in [6.45, 7) is 8.28. The summed E-state index contributed by atoms with van der Waals surface area (Å²) >= 11 is 0. The molecule has 0 aromatic heterocycles. The average Bonchev–Trinajstić information content (AvgIpc) is 2.51. The van der Waals surface area contributed by atoms with E-state index in [1.165, 1.54) is 4.90 Å². The van der Waals surface area contributed by atoms with Crippen molar-refractivity contribution in [3.63, 3.8) is 0 Å². The Labute approximate surface area is 143 Å². The van der Waals surface area contributed by atoms with Gasteiger partial charge in [-0.05, 0) is 45.1 Å². The highest BCUT2D eigenvalue weighted by Crippen LogP contribution is 2.25. The molecule has 0 bridgehead atoms. The molecule has 1 fully saturated rings. The van der Waals surface area contributed by atoms with Gasteiger partial charge in [-0.3, -0.25) is 4.90 Å². The second-order valence-corrected chi connectivity index (χ2v) is 7.41. The molecule has 24 heavy (non-hydrogen) atoms. The molecule has 0 unspecified atom stereocenters. The lowest BCUT2D eigenvalue weighted by Gasteiger charge is -2.37. The Morgan fingerprint density at radius 2 is 1.88 bits per heavy atom. The van der Waals surface area contributed by atoms with Crippen LogP contribution >= 0.6 is 0 Å². The van der Waals surface area contributed by atoms with Crippen molar-refractivity contribution in [1.82, 2.24) is 4.90 Å². The first-order valence-electron chi connectivity index (χ1n) is 8.46. The molecular formula is C19H27NO4. The van der Waals surface area contributed by atoms with E-state index in [2.05, 4.69) is 6.92 Å². The number of hydrogen-bond acceptors (Lipinski definition) is 4. The Kier molecular flexibility index (Phi) is 5.86. The van der Waals surface area contributed by atoms with Crippen LogP contribution in [0.1, 0.15) is 46.1 Å². The number of amides is 1. The zero-order chi connectivity index (χ0) is 17.7. The maximum absolute atomic E-state index is 12.5. The maximum atomic E-state index is 12.5. The molecule has 2 atom stereocenters. The topological polar surface area (TPSA) is 55.8 Å². The molecule has 1 aromatic rings. The Bertz CT molecular complexity index is 564. The number of carbonyl (C=O) groups is 2. The normalized spacial score (nSPS) is 21.2. The van der Waals surface area contributed by atoms with E-state index in [1.54, 1.807) is 0 Å². The standard InChI is InChI=1S/C19H27NO4/c1-14-10-11-20(18(22)24-19(2,3)4)16(12-14)17(21)23-13-15-8-6-5-7-9-15/h5-9,14,16H,10-13H2,1-4H3/t14-,16-/m1/s1. The fourth-order valence-corrected chi connectivity index (χ4v) is 2.73. The molecule has 1 aromatic carbocycles. The second-order valence-electron chi connectivity index (χ2n) is 7.41. The van der Waals surface area contributed by atoms with Crippen molar-refractivity contribution in [2.75, 3.05) is 6.54 Å². The first-order chi connectivity index (χ1) is 11.3. The number of esters is 1. The monoisotopic (exact) mass is 333 g/mol. The van der Waals surface area contributed by atoms with Crippen LogP contribution in [0.3, 0.4) is 0 Å². The fourth-order valence-electron chi connectivity index (χ4n) is 2.73. The first-order valence-corrected chi connectivity index (χ1v) is 8.46. The SMILES string of the molecule is C[C@@H]1CCN(C(=O)OC(C)(C)C)[C@@H](C(=O)OCc2ccccc2)C1. The molecule has 1 aliphatic heterocycles. The van der Waals surface area contributed by atoms with Crippen molar-refractivity contribution in [1.29, 1.82) is 0 Å². The molecule has 0 N–H and O–H groups in total. The van der Waals surface area contributed by atoms with Crippen LogP contribution in [0, 0.1) is 5.92 Å². The van der Waals surface area contributed by atoms with Gasteiger partial charge in [0.25, 0.3) is 0 Å². The molecule has 1 aliphatic rings. The van der Waals surface area contributed by atoms with E-state index in [9.17, 15) is 9.59 Å². The minimum Gasteiger partial charge on any atom is -0.459 e. The van der Waals surface area contributed by atoms with E-state index in [0.29, 0.717) is 18.9 Å². The van der Waals surface area contributed by atoms with Crippen LogP contribution in [-0.4, -0.2) is 35.2 Å². The Morgan fingerprint density at radius 3 is 2.50 bits per heavy atom. The van der Waals surface area contributed by atoms with E-state index in [4.69, 9.17) is 9.47 Å². The molecule has 0 saturated carbocycles. The van der Waals surface area contributed by atoms with E-state index in [0.717, 1.165) is 12.0 Å². The molecule has 1 saturated heterocycles. The van der Waals surface area contributed by atoms with E-state index in [1.807, 2.05) is 51.1 Å². The highest BCUT2D eigenvalue weighted by atomic mass is 16.6. The number of rotatable bonds is 3. The van der Waals surface area contributed by atoms with Crippen LogP contribution in [0.5, 0.6) is 0 Å². The summed E-state index contributed by atoms with van der Waals surface area (Å²) in [6.07, 6.45) is 1.02. The smallest absolute Gasteiger partial charge is 0.411 e. The summed E-state index contributed by atoms with van der Waals surface area (Å²) in [7, 11) is 0. The minimum atomic E-state index is -0.585. The average molecular weight is 333 g/mol. The molecule has 132 valence electrons. The van der Waals surface area contributed by atoms with E-state index < -0.39 is 17.7 Å². The van der Waals surface area contributed by atoms with Crippen LogP contribution in [0.25, 0.3) is 0 Å². The Balaban J connectivity index is 2.02. The van der Waals surface area contributed by atoms with Crippen LogP contribution < -0.4 is 0 Å². The summed E-state index contributed by atoms with van der Waals surface area (Å²) in [4.78, 5) is 26.4. The third-order valence-electron chi connectivity index (χ3n) is 3.99. The van der Waals surface area contributed by atoms with Gasteiger partial charge in [0, 0.05) is 6.54 Å². The quantitative estimate of drug-likeness (QED) is 0.790. The highest BCUT2D eigenvalue weighted by Gasteiger charge is 2.38. The lowest BCUT2D eigenvalue weighted by molar-refractivity contribution is -0.153. The van der Waals surface area contributed by atoms with Gasteiger partial charge in [-0.2, -0.15) is 0 Å². The number of nitrogens with zero attached hydrogens (tertiary/aromatic N) is 1. The zero-order valence-electron chi connectivity index (χ0n) is 15.0. The Morgan fingerprint density at radius 1 is 1.21 bits per heavy atom. The summed E-state index contributed by atoms with van der Waals surface area (Å²) < 4.78 is 10.9. The van der Waals surface area contributed by atoms with Crippen molar-refractivity contribution in [2.45, 2.75) is 58.8 Å². The molecule has 2 rings (SSSR count). The molecule has 0 aliphatic carbocycles.